The Kier molecular flexibility index (Phi) is 8.87. The van der Waals surface area contributed by atoms with Crippen molar-refractivity contribution in [2.45, 2.75) is 33.9 Å². The number of carbonyl (C=O) groups is 1. The standard InChI is InChI=1S/C16H11F3N4O.2C2H6/c17-16(18,19)13-6-3-7-14(22-13)23-15(24)21-12-8-9-20-11-5-2-1-4-10(11)12;2*1-2/h1-9H,(H2,20,21,22,23,24);2*1-2H3. The molecular formula is C20H23F3N4O. The summed E-state index contributed by atoms with van der Waals surface area (Å²) in [5, 5.41) is 5.58. The fraction of sp³-hybridized carbons (Fsp3) is 0.250. The van der Waals surface area contributed by atoms with Crippen molar-refractivity contribution >= 4 is 28.4 Å². The second-order valence-corrected chi connectivity index (χ2v) is 4.86. The van der Waals surface area contributed by atoms with Gasteiger partial charge < -0.3 is 5.32 Å². The number of halogens is 3. The van der Waals surface area contributed by atoms with Crippen molar-refractivity contribution in [3.63, 3.8) is 0 Å². The fourth-order valence-corrected chi connectivity index (χ4v) is 2.14. The summed E-state index contributed by atoms with van der Waals surface area (Å²) in [6, 6.07) is 11.4. The number of rotatable bonds is 2. The Morgan fingerprint density at radius 2 is 1.57 bits per heavy atom. The zero-order valence-corrected chi connectivity index (χ0v) is 16.1. The first kappa shape index (κ1) is 22.9. The molecule has 5 nitrogen and oxygen atoms in total. The van der Waals surface area contributed by atoms with Gasteiger partial charge in [0.1, 0.15) is 11.5 Å². The third-order valence-electron chi connectivity index (χ3n) is 3.18. The lowest BCUT2D eigenvalue weighted by Crippen LogP contribution is -2.21. The highest BCUT2D eigenvalue weighted by molar-refractivity contribution is 6.05. The molecule has 0 saturated carbocycles. The van der Waals surface area contributed by atoms with Gasteiger partial charge in [0, 0.05) is 11.6 Å². The number of amides is 2. The highest BCUT2D eigenvalue weighted by atomic mass is 19.4. The van der Waals surface area contributed by atoms with Gasteiger partial charge in [0.05, 0.1) is 11.2 Å². The van der Waals surface area contributed by atoms with Crippen LogP contribution in [0.1, 0.15) is 33.4 Å². The van der Waals surface area contributed by atoms with E-state index in [1.165, 1.54) is 18.3 Å². The molecule has 0 unspecified atom stereocenters. The van der Waals surface area contributed by atoms with Crippen molar-refractivity contribution in [3.05, 3.63) is 60.4 Å². The number of hydrogen-bond donors (Lipinski definition) is 2. The van der Waals surface area contributed by atoms with Gasteiger partial charge in [0.2, 0.25) is 0 Å². The molecule has 28 heavy (non-hydrogen) atoms. The lowest BCUT2D eigenvalue weighted by Gasteiger charge is -2.11. The van der Waals surface area contributed by atoms with Gasteiger partial charge in [-0.05, 0) is 24.3 Å². The summed E-state index contributed by atoms with van der Waals surface area (Å²) in [5.41, 5.74) is 0.104. The van der Waals surface area contributed by atoms with Crippen LogP contribution < -0.4 is 10.6 Å². The van der Waals surface area contributed by atoms with Gasteiger partial charge in [-0.15, -0.1) is 0 Å². The number of aromatic nitrogens is 2. The molecule has 3 rings (SSSR count). The topological polar surface area (TPSA) is 66.9 Å². The second kappa shape index (κ2) is 10.9. The third-order valence-corrected chi connectivity index (χ3v) is 3.18. The van der Waals surface area contributed by atoms with E-state index >= 15 is 0 Å². The van der Waals surface area contributed by atoms with Crippen LogP contribution in [0.15, 0.2) is 54.7 Å². The lowest BCUT2D eigenvalue weighted by molar-refractivity contribution is -0.141. The number of hydrogen-bond acceptors (Lipinski definition) is 3. The van der Waals surface area contributed by atoms with Crippen LogP contribution in [-0.2, 0) is 6.18 Å². The smallest absolute Gasteiger partial charge is 0.307 e. The van der Waals surface area contributed by atoms with Gasteiger partial charge >= 0.3 is 12.2 Å². The maximum atomic E-state index is 12.6. The summed E-state index contributed by atoms with van der Waals surface area (Å²) >= 11 is 0. The first-order chi connectivity index (χ1) is 13.4. The predicted octanol–water partition coefficient (Wildman–Crippen LogP) is 6.35. The molecule has 0 aliphatic rings. The van der Waals surface area contributed by atoms with Crippen LogP contribution in [0.5, 0.6) is 0 Å². The SMILES string of the molecule is CC.CC.O=C(Nc1cccc(C(F)(F)F)n1)Nc1ccnc2ccccc12. The molecule has 0 aliphatic heterocycles. The minimum Gasteiger partial charge on any atom is -0.307 e. The molecule has 2 aromatic heterocycles. The number of carbonyl (C=O) groups excluding carboxylic acids is 1. The Balaban J connectivity index is 0.000000921. The number of anilines is 2. The van der Waals surface area contributed by atoms with Crippen LogP contribution >= 0.6 is 0 Å². The number of pyridine rings is 2. The number of nitrogens with zero attached hydrogens (tertiary/aromatic N) is 2. The van der Waals surface area contributed by atoms with Crippen LogP contribution in [0.25, 0.3) is 10.9 Å². The molecule has 0 saturated heterocycles. The van der Waals surface area contributed by atoms with E-state index < -0.39 is 17.9 Å². The summed E-state index contributed by atoms with van der Waals surface area (Å²) in [6.45, 7) is 8.00. The quantitative estimate of drug-likeness (QED) is 0.534. The molecule has 0 radical (unpaired) electrons. The van der Waals surface area contributed by atoms with Crippen LogP contribution in [0.3, 0.4) is 0 Å². The molecule has 2 heterocycles. The van der Waals surface area contributed by atoms with E-state index in [1.807, 2.05) is 33.8 Å². The van der Waals surface area contributed by atoms with Crippen LogP contribution in [-0.4, -0.2) is 16.0 Å². The molecule has 0 aliphatic carbocycles. The van der Waals surface area contributed by atoms with Gasteiger partial charge in [-0.25, -0.2) is 9.78 Å². The van der Waals surface area contributed by atoms with Gasteiger partial charge in [-0.1, -0.05) is 52.0 Å². The van der Waals surface area contributed by atoms with Crippen LogP contribution in [0.2, 0.25) is 0 Å². The van der Waals surface area contributed by atoms with Gasteiger partial charge in [0.25, 0.3) is 0 Å². The van der Waals surface area contributed by atoms with Crippen molar-refractivity contribution in [3.8, 4) is 0 Å². The molecule has 0 fully saturated rings. The average molecular weight is 392 g/mol. The number of nitrogens with one attached hydrogen (secondary N) is 2. The Labute approximate surface area is 162 Å². The maximum Gasteiger partial charge on any atom is 0.433 e. The highest BCUT2D eigenvalue weighted by Gasteiger charge is 2.32. The zero-order chi connectivity index (χ0) is 21.2. The Morgan fingerprint density at radius 3 is 2.25 bits per heavy atom. The molecule has 2 amide bonds. The van der Waals surface area contributed by atoms with E-state index in [1.54, 1.807) is 24.3 Å². The van der Waals surface area contributed by atoms with Crippen molar-refractivity contribution < 1.29 is 18.0 Å². The highest BCUT2D eigenvalue weighted by Crippen LogP contribution is 2.28. The molecule has 0 spiro atoms. The van der Waals surface area contributed by atoms with Crippen LogP contribution in [0, 0.1) is 0 Å². The summed E-state index contributed by atoms with van der Waals surface area (Å²) in [6.07, 6.45) is -3.05. The minimum absolute atomic E-state index is 0.194. The van der Waals surface area contributed by atoms with Crippen molar-refractivity contribution in [2.75, 3.05) is 10.6 Å². The third kappa shape index (κ3) is 6.22. The summed E-state index contributed by atoms with van der Waals surface area (Å²) in [5.74, 6) is -0.194. The lowest BCUT2D eigenvalue weighted by atomic mass is 10.2. The second-order valence-electron chi connectivity index (χ2n) is 4.86. The monoisotopic (exact) mass is 392 g/mol. The molecule has 1 aromatic carbocycles. The summed E-state index contributed by atoms with van der Waals surface area (Å²) < 4.78 is 37.9. The van der Waals surface area contributed by atoms with E-state index in [-0.39, 0.29) is 5.82 Å². The number of benzene rings is 1. The van der Waals surface area contributed by atoms with Gasteiger partial charge in [-0.3, -0.25) is 10.3 Å². The summed E-state index contributed by atoms with van der Waals surface area (Å²) in [7, 11) is 0. The molecule has 8 heteroatoms. The number of para-hydroxylation sites is 1. The van der Waals surface area contributed by atoms with Crippen molar-refractivity contribution in [2.24, 2.45) is 0 Å². The number of fused-ring (bicyclic) bond motifs is 1. The molecule has 0 bridgehead atoms. The zero-order valence-electron chi connectivity index (χ0n) is 16.1. The minimum atomic E-state index is -4.57. The average Bonchev–Trinajstić information content (AvgIpc) is 2.71. The van der Waals surface area contributed by atoms with E-state index in [4.69, 9.17) is 0 Å². The predicted molar refractivity (Wildman–Crippen MR) is 106 cm³/mol. The first-order valence-electron chi connectivity index (χ1n) is 8.89. The number of urea groups is 1. The van der Waals surface area contributed by atoms with Crippen LogP contribution in [0.4, 0.5) is 29.5 Å². The first-order valence-corrected chi connectivity index (χ1v) is 8.89. The van der Waals surface area contributed by atoms with Crippen molar-refractivity contribution in [1.82, 2.24) is 9.97 Å². The fourth-order valence-electron chi connectivity index (χ4n) is 2.14. The number of alkyl halides is 3. The Hall–Kier alpha value is -3.16. The van der Waals surface area contributed by atoms with Crippen molar-refractivity contribution in [1.29, 1.82) is 0 Å². The molecule has 3 aromatic rings. The van der Waals surface area contributed by atoms with Gasteiger partial charge in [-0.2, -0.15) is 13.2 Å². The van der Waals surface area contributed by atoms with E-state index in [9.17, 15) is 18.0 Å². The molecule has 0 atom stereocenters. The largest absolute Gasteiger partial charge is 0.433 e. The Bertz CT molecular complexity index is 893. The molecule has 150 valence electrons. The van der Waals surface area contributed by atoms with E-state index in [0.29, 0.717) is 16.6 Å². The van der Waals surface area contributed by atoms with E-state index in [0.717, 1.165) is 6.07 Å². The summed E-state index contributed by atoms with van der Waals surface area (Å²) in [4.78, 5) is 19.6. The molecular weight excluding hydrogens is 369 g/mol. The van der Waals surface area contributed by atoms with E-state index in [2.05, 4.69) is 20.6 Å². The maximum absolute atomic E-state index is 12.6. The molecule has 2 N–H and O–H groups in total. The Morgan fingerprint density at radius 1 is 0.893 bits per heavy atom. The normalized spacial score (nSPS) is 10.1. The van der Waals surface area contributed by atoms with Gasteiger partial charge in [0.15, 0.2) is 0 Å².